The van der Waals surface area contributed by atoms with Crippen LogP contribution in [0.3, 0.4) is 0 Å². The highest BCUT2D eigenvalue weighted by Gasteiger charge is 2.07. The van der Waals surface area contributed by atoms with Crippen molar-refractivity contribution in [3.63, 3.8) is 0 Å². The van der Waals surface area contributed by atoms with E-state index in [1.54, 1.807) is 0 Å². The van der Waals surface area contributed by atoms with Crippen LogP contribution in [0.4, 0.5) is 0 Å². The lowest BCUT2D eigenvalue weighted by atomic mass is 10.2. The maximum Gasteiger partial charge on any atom is 0.134 e. The number of nitrogens with zero attached hydrogens (tertiary/aromatic N) is 1. The van der Waals surface area contributed by atoms with Crippen molar-refractivity contribution in [3.8, 4) is 11.3 Å². The van der Waals surface area contributed by atoms with E-state index in [1.807, 2.05) is 24.3 Å². The summed E-state index contributed by atoms with van der Waals surface area (Å²) in [6.07, 6.45) is 0. The van der Waals surface area contributed by atoms with Gasteiger partial charge in [-0.3, -0.25) is 4.90 Å². The maximum absolute atomic E-state index is 5.86. The van der Waals surface area contributed by atoms with Gasteiger partial charge in [0.05, 0.1) is 6.54 Å². The number of hydrogen-bond acceptors (Lipinski definition) is 2. The van der Waals surface area contributed by atoms with Crippen molar-refractivity contribution in [2.75, 3.05) is 13.1 Å². The molecule has 17 heavy (non-hydrogen) atoms. The molecule has 0 unspecified atom stereocenters. The van der Waals surface area contributed by atoms with Crippen LogP contribution < -0.4 is 0 Å². The van der Waals surface area contributed by atoms with Gasteiger partial charge in [0, 0.05) is 5.56 Å². The first-order chi connectivity index (χ1) is 8.33. The molecule has 90 valence electrons. The number of hydrogen-bond donors (Lipinski definition) is 0. The van der Waals surface area contributed by atoms with E-state index < -0.39 is 0 Å². The van der Waals surface area contributed by atoms with E-state index in [0.29, 0.717) is 0 Å². The highest BCUT2D eigenvalue weighted by atomic mass is 16.3. The van der Waals surface area contributed by atoms with Crippen LogP contribution >= 0.6 is 0 Å². The zero-order valence-electron chi connectivity index (χ0n) is 10.5. The molecule has 0 amide bonds. The normalized spacial score (nSPS) is 11.0. The monoisotopic (exact) mass is 229 g/mol. The minimum Gasteiger partial charge on any atom is -0.460 e. The molecule has 1 heterocycles. The van der Waals surface area contributed by atoms with Crippen molar-refractivity contribution in [1.82, 2.24) is 4.90 Å². The molecule has 1 aromatic carbocycles. The van der Waals surface area contributed by atoms with Gasteiger partial charge in [0.15, 0.2) is 0 Å². The molecular weight excluding hydrogens is 210 g/mol. The van der Waals surface area contributed by atoms with Crippen molar-refractivity contribution in [2.24, 2.45) is 0 Å². The van der Waals surface area contributed by atoms with Gasteiger partial charge in [0.2, 0.25) is 0 Å². The number of furan rings is 1. The Morgan fingerprint density at radius 3 is 2.29 bits per heavy atom. The largest absolute Gasteiger partial charge is 0.460 e. The van der Waals surface area contributed by atoms with Gasteiger partial charge in [0.25, 0.3) is 0 Å². The molecule has 0 aliphatic rings. The Bertz CT molecular complexity index is 443. The van der Waals surface area contributed by atoms with E-state index in [9.17, 15) is 0 Å². The summed E-state index contributed by atoms with van der Waals surface area (Å²) in [6, 6.07) is 14.3. The van der Waals surface area contributed by atoms with E-state index in [0.717, 1.165) is 36.7 Å². The minimum atomic E-state index is 0.889. The molecule has 0 spiro atoms. The summed E-state index contributed by atoms with van der Waals surface area (Å²) >= 11 is 0. The van der Waals surface area contributed by atoms with Crippen molar-refractivity contribution in [2.45, 2.75) is 20.4 Å². The fourth-order valence-electron chi connectivity index (χ4n) is 1.89. The van der Waals surface area contributed by atoms with Crippen LogP contribution in [-0.2, 0) is 6.54 Å². The Hall–Kier alpha value is -1.54. The van der Waals surface area contributed by atoms with E-state index in [4.69, 9.17) is 4.42 Å². The van der Waals surface area contributed by atoms with Gasteiger partial charge in [-0.15, -0.1) is 0 Å². The Balaban J connectivity index is 2.11. The molecule has 0 radical (unpaired) electrons. The number of benzene rings is 1. The van der Waals surface area contributed by atoms with E-state index in [-0.39, 0.29) is 0 Å². The SMILES string of the molecule is CCN(CC)Cc1ccc(-c2ccccc2)o1. The molecule has 2 heteroatoms. The molecule has 0 aliphatic carbocycles. The fourth-order valence-corrected chi connectivity index (χ4v) is 1.89. The Morgan fingerprint density at radius 2 is 1.65 bits per heavy atom. The summed E-state index contributed by atoms with van der Waals surface area (Å²) in [4.78, 5) is 2.34. The zero-order valence-corrected chi connectivity index (χ0v) is 10.5. The topological polar surface area (TPSA) is 16.4 Å². The third-order valence-electron chi connectivity index (χ3n) is 2.99. The van der Waals surface area contributed by atoms with Crippen molar-refractivity contribution >= 4 is 0 Å². The summed E-state index contributed by atoms with van der Waals surface area (Å²) in [7, 11) is 0. The first kappa shape index (κ1) is 11.9. The van der Waals surface area contributed by atoms with Crippen molar-refractivity contribution < 1.29 is 4.42 Å². The van der Waals surface area contributed by atoms with Crippen molar-refractivity contribution in [3.05, 3.63) is 48.2 Å². The van der Waals surface area contributed by atoms with Gasteiger partial charge < -0.3 is 4.42 Å². The molecule has 1 aromatic heterocycles. The zero-order chi connectivity index (χ0) is 12.1. The second-order valence-corrected chi connectivity index (χ2v) is 4.09. The summed E-state index contributed by atoms with van der Waals surface area (Å²) in [5.41, 5.74) is 1.14. The van der Waals surface area contributed by atoms with Crippen LogP contribution in [0, 0.1) is 0 Å². The molecule has 0 N–H and O–H groups in total. The molecule has 2 aromatic rings. The summed E-state index contributed by atoms with van der Waals surface area (Å²) < 4.78 is 5.86. The van der Waals surface area contributed by atoms with Crippen molar-refractivity contribution in [1.29, 1.82) is 0 Å². The Labute approximate surface area is 103 Å². The summed E-state index contributed by atoms with van der Waals surface area (Å²) in [5.74, 6) is 1.99. The molecular formula is C15H19NO. The van der Waals surface area contributed by atoms with Gasteiger partial charge in [-0.1, -0.05) is 44.2 Å². The lowest BCUT2D eigenvalue weighted by Crippen LogP contribution is -2.21. The molecule has 2 nitrogen and oxygen atoms in total. The average molecular weight is 229 g/mol. The van der Waals surface area contributed by atoms with E-state index in [2.05, 4.69) is 36.9 Å². The molecule has 0 atom stereocenters. The fraction of sp³-hybridized carbons (Fsp3) is 0.333. The molecule has 0 saturated carbocycles. The summed E-state index contributed by atoms with van der Waals surface area (Å²) in [5, 5.41) is 0. The van der Waals surface area contributed by atoms with Crippen LogP contribution in [0.1, 0.15) is 19.6 Å². The van der Waals surface area contributed by atoms with Crippen LogP contribution in [0.5, 0.6) is 0 Å². The summed E-state index contributed by atoms with van der Waals surface area (Å²) in [6.45, 7) is 7.34. The predicted octanol–water partition coefficient (Wildman–Crippen LogP) is 3.79. The molecule has 0 bridgehead atoms. The molecule has 0 fully saturated rings. The van der Waals surface area contributed by atoms with Crippen LogP contribution in [0.15, 0.2) is 46.9 Å². The second kappa shape index (κ2) is 5.69. The average Bonchev–Trinajstić information content (AvgIpc) is 2.85. The Kier molecular flexibility index (Phi) is 3.99. The van der Waals surface area contributed by atoms with Gasteiger partial charge in [-0.05, 0) is 25.2 Å². The van der Waals surface area contributed by atoms with E-state index in [1.165, 1.54) is 0 Å². The standard InChI is InChI=1S/C15H19NO/c1-3-16(4-2)12-14-10-11-15(17-14)13-8-6-5-7-9-13/h5-11H,3-4,12H2,1-2H3. The van der Waals surface area contributed by atoms with Gasteiger partial charge in [-0.2, -0.15) is 0 Å². The van der Waals surface area contributed by atoms with Crippen LogP contribution in [-0.4, -0.2) is 18.0 Å². The number of rotatable bonds is 5. The van der Waals surface area contributed by atoms with E-state index >= 15 is 0 Å². The lowest BCUT2D eigenvalue weighted by Gasteiger charge is -2.15. The molecule has 0 saturated heterocycles. The highest BCUT2D eigenvalue weighted by Crippen LogP contribution is 2.22. The van der Waals surface area contributed by atoms with Crippen LogP contribution in [0.25, 0.3) is 11.3 Å². The first-order valence-electron chi connectivity index (χ1n) is 6.20. The molecule has 2 rings (SSSR count). The molecule has 0 aliphatic heterocycles. The van der Waals surface area contributed by atoms with Gasteiger partial charge in [-0.25, -0.2) is 0 Å². The quantitative estimate of drug-likeness (QED) is 0.775. The third-order valence-corrected chi connectivity index (χ3v) is 2.99. The second-order valence-electron chi connectivity index (χ2n) is 4.09. The van der Waals surface area contributed by atoms with Gasteiger partial charge >= 0.3 is 0 Å². The van der Waals surface area contributed by atoms with Gasteiger partial charge in [0.1, 0.15) is 11.5 Å². The lowest BCUT2D eigenvalue weighted by molar-refractivity contribution is 0.270. The third kappa shape index (κ3) is 2.98. The minimum absolute atomic E-state index is 0.889. The predicted molar refractivity (Wildman–Crippen MR) is 70.8 cm³/mol. The maximum atomic E-state index is 5.86. The first-order valence-corrected chi connectivity index (χ1v) is 6.20. The smallest absolute Gasteiger partial charge is 0.134 e. The highest BCUT2D eigenvalue weighted by molar-refractivity contribution is 5.57. The Morgan fingerprint density at radius 1 is 0.941 bits per heavy atom. The van der Waals surface area contributed by atoms with Crippen LogP contribution in [0.2, 0.25) is 0 Å².